The Bertz CT molecular complexity index is 913. The van der Waals surface area contributed by atoms with Crippen LogP contribution in [0.25, 0.3) is 11.3 Å². The van der Waals surface area contributed by atoms with E-state index in [-0.39, 0.29) is 24.6 Å². The van der Waals surface area contributed by atoms with E-state index in [0.717, 1.165) is 0 Å². The third kappa shape index (κ3) is 4.05. The summed E-state index contributed by atoms with van der Waals surface area (Å²) in [4.78, 5) is 38.6. The van der Waals surface area contributed by atoms with Crippen molar-refractivity contribution in [3.8, 4) is 11.3 Å². The number of nitrogens with one attached hydrogen (secondary N) is 3. The van der Waals surface area contributed by atoms with Gasteiger partial charge in [-0.15, -0.1) is 0 Å². The molecule has 1 aliphatic rings. The van der Waals surface area contributed by atoms with Crippen molar-refractivity contribution in [2.75, 3.05) is 30.4 Å². The van der Waals surface area contributed by atoms with Crippen LogP contribution < -0.4 is 15.5 Å². The van der Waals surface area contributed by atoms with Crippen LogP contribution in [0.5, 0.6) is 0 Å². The summed E-state index contributed by atoms with van der Waals surface area (Å²) in [5.41, 5.74) is 1.25. The van der Waals surface area contributed by atoms with Gasteiger partial charge in [-0.3, -0.25) is 15.0 Å². The lowest BCUT2D eigenvalue weighted by molar-refractivity contribution is -0.119. The van der Waals surface area contributed by atoms with Gasteiger partial charge in [-0.05, 0) is 24.3 Å². The zero-order chi connectivity index (χ0) is 20.3. The minimum atomic E-state index is -0.678. The van der Waals surface area contributed by atoms with Gasteiger partial charge in [0.05, 0.1) is 37.3 Å². The van der Waals surface area contributed by atoms with E-state index < -0.39 is 24.1 Å². The van der Waals surface area contributed by atoms with E-state index >= 15 is 0 Å². The van der Waals surface area contributed by atoms with Crippen LogP contribution in [0.1, 0.15) is 6.92 Å². The normalized spacial score (nSPS) is 15.9. The number of aromatic amines is 1. The van der Waals surface area contributed by atoms with E-state index in [1.807, 2.05) is 0 Å². The Morgan fingerprint density at radius 3 is 2.86 bits per heavy atom. The zero-order valence-corrected chi connectivity index (χ0v) is 15.2. The number of carbonyl (C=O) groups excluding carboxylic acids is 3. The van der Waals surface area contributed by atoms with Gasteiger partial charge in [0.1, 0.15) is 11.9 Å². The van der Waals surface area contributed by atoms with Crippen molar-refractivity contribution in [1.29, 1.82) is 0 Å². The van der Waals surface area contributed by atoms with Gasteiger partial charge in [-0.25, -0.2) is 14.0 Å². The molecular formula is C18H19FN4O5. The van der Waals surface area contributed by atoms with E-state index in [1.54, 1.807) is 18.3 Å². The number of cyclic esters (lactones) is 1. The monoisotopic (exact) mass is 390 g/mol. The van der Waals surface area contributed by atoms with Gasteiger partial charge in [0.2, 0.25) is 5.91 Å². The Morgan fingerprint density at radius 2 is 2.18 bits per heavy atom. The van der Waals surface area contributed by atoms with Crippen molar-refractivity contribution in [1.82, 2.24) is 10.3 Å². The maximum absolute atomic E-state index is 14.7. The van der Waals surface area contributed by atoms with Gasteiger partial charge in [0.15, 0.2) is 0 Å². The van der Waals surface area contributed by atoms with Crippen molar-refractivity contribution in [3.05, 3.63) is 36.3 Å². The molecule has 10 heteroatoms. The van der Waals surface area contributed by atoms with Gasteiger partial charge in [0.25, 0.3) is 0 Å². The summed E-state index contributed by atoms with van der Waals surface area (Å²) in [5.74, 6) is -0.821. The molecule has 1 aromatic heterocycles. The molecule has 3 amide bonds. The van der Waals surface area contributed by atoms with Crippen LogP contribution >= 0.6 is 0 Å². The molecule has 2 heterocycles. The predicted molar refractivity (Wildman–Crippen MR) is 98.5 cm³/mol. The highest BCUT2D eigenvalue weighted by molar-refractivity contribution is 5.92. The number of hydrogen-bond donors (Lipinski definition) is 3. The quantitative estimate of drug-likeness (QED) is 0.726. The number of benzene rings is 1. The van der Waals surface area contributed by atoms with Crippen molar-refractivity contribution in [2.45, 2.75) is 13.0 Å². The molecule has 9 nitrogen and oxygen atoms in total. The highest BCUT2D eigenvalue weighted by Gasteiger charge is 2.32. The van der Waals surface area contributed by atoms with Crippen molar-refractivity contribution < 1.29 is 28.2 Å². The van der Waals surface area contributed by atoms with E-state index in [2.05, 4.69) is 20.4 Å². The van der Waals surface area contributed by atoms with Crippen LogP contribution in [-0.2, 0) is 14.3 Å². The summed E-state index contributed by atoms with van der Waals surface area (Å²) in [7, 11) is 1.23. The Balaban J connectivity index is 1.78. The molecule has 1 aliphatic heterocycles. The highest BCUT2D eigenvalue weighted by atomic mass is 19.1. The lowest BCUT2D eigenvalue weighted by Crippen LogP contribution is -2.33. The number of halogens is 1. The number of rotatable bonds is 5. The Labute approximate surface area is 159 Å². The molecule has 0 spiro atoms. The number of methoxy groups -OCH3 is 1. The van der Waals surface area contributed by atoms with Crippen LogP contribution in [0.2, 0.25) is 0 Å². The van der Waals surface area contributed by atoms with Crippen LogP contribution in [0.15, 0.2) is 30.5 Å². The number of H-pyrrole nitrogens is 1. The molecule has 28 heavy (non-hydrogen) atoms. The number of aromatic nitrogens is 1. The van der Waals surface area contributed by atoms with E-state index in [9.17, 15) is 18.8 Å². The van der Waals surface area contributed by atoms with E-state index in [0.29, 0.717) is 17.1 Å². The highest BCUT2D eigenvalue weighted by Crippen LogP contribution is 2.32. The fourth-order valence-corrected chi connectivity index (χ4v) is 2.83. The summed E-state index contributed by atoms with van der Waals surface area (Å²) in [6.07, 6.45) is -0.255. The average Bonchev–Trinajstić information content (AvgIpc) is 3.26. The second kappa shape index (κ2) is 7.99. The van der Waals surface area contributed by atoms with Crippen LogP contribution in [0, 0.1) is 5.82 Å². The molecular weight excluding hydrogens is 371 g/mol. The standard InChI is InChI=1S/C18H19FN4O5/c1-10(24)21-8-12-9-23(18(26)28-12)11-3-4-13(14(19)7-11)16-15(5-6-20-16)22-17(25)27-2/h3-7,12,20H,8-9H2,1-2H3,(H,21,24)(H,22,25). The third-order valence-corrected chi connectivity index (χ3v) is 4.16. The first kappa shape index (κ1) is 19.2. The summed E-state index contributed by atoms with van der Waals surface area (Å²) >= 11 is 0. The van der Waals surface area contributed by atoms with Gasteiger partial charge < -0.3 is 19.8 Å². The second-order valence-corrected chi connectivity index (χ2v) is 6.10. The first-order chi connectivity index (χ1) is 13.4. The summed E-state index contributed by atoms with van der Waals surface area (Å²) < 4.78 is 24.5. The molecule has 0 bridgehead atoms. The smallest absolute Gasteiger partial charge is 0.414 e. The molecule has 2 aromatic rings. The summed E-state index contributed by atoms with van der Waals surface area (Å²) in [6.45, 7) is 1.74. The van der Waals surface area contributed by atoms with Crippen LogP contribution in [0.4, 0.5) is 25.4 Å². The maximum Gasteiger partial charge on any atom is 0.414 e. The molecule has 3 rings (SSSR count). The average molecular weight is 390 g/mol. The predicted octanol–water partition coefficient (Wildman–Crippen LogP) is 2.46. The second-order valence-electron chi connectivity index (χ2n) is 6.10. The van der Waals surface area contributed by atoms with Crippen LogP contribution in [-0.4, -0.2) is 49.4 Å². The molecule has 0 aliphatic carbocycles. The number of hydrogen-bond acceptors (Lipinski definition) is 5. The minimum Gasteiger partial charge on any atom is -0.453 e. The summed E-state index contributed by atoms with van der Waals surface area (Å²) in [5, 5.41) is 5.07. The molecule has 1 atom stereocenters. The first-order valence-electron chi connectivity index (χ1n) is 8.44. The van der Waals surface area contributed by atoms with E-state index in [1.165, 1.54) is 31.1 Å². The molecule has 1 saturated heterocycles. The van der Waals surface area contributed by atoms with Gasteiger partial charge in [-0.1, -0.05) is 0 Å². The number of anilines is 2. The molecule has 1 aromatic carbocycles. The van der Waals surface area contributed by atoms with Gasteiger partial charge in [-0.2, -0.15) is 0 Å². The summed E-state index contributed by atoms with van der Waals surface area (Å²) in [6, 6.07) is 5.85. The van der Waals surface area contributed by atoms with E-state index in [4.69, 9.17) is 4.74 Å². The lowest BCUT2D eigenvalue weighted by Gasteiger charge is -2.15. The van der Waals surface area contributed by atoms with Crippen molar-refractivity contribution in [2.24, 2.45) is 0 Å². The Hall–Kier alpha value is -3.56. The Kier molecular flexibility index (Phi) is 5.48. The topological polar surface area (TPSA) is 113 Å². The van der Waals surface area contributed by atoms with Crippen LogP contribution in [0.3, 0.4) is 0 Å². The lowest BCUT2D eigenvalue weighted by atomic mass is 10.1. The molecule has 1 fully saturated rings. The zero-order valence-electron chi connectivity index (χ0n) is 15.2. The fourth-order valence-electron chi connectivity index (χ4n) is 2.83. The number of amides is 3. The largest absolute Gasteiger partial charge is 0.453 e. The Morgan fingerprint density at radius 1 is 1.39 bits per heavy atom. The van der Waals surface area contributed by atoms with Crippen molar-refractivity contribution >= 4 is 29.5 Å². The number of carbonyl (C=O) groups is 3. The first-order valence-corrected chi connectivity index (χ1v) is 8.44. The molecule has 1 unspecified atom stereocenters. The minimum absolute atomic E-state index is 0.184. The SMILES string of the molecule is COC(=O)Nc1cc[nH]c1-c1ccc(N2CC(CNC(C)=O)OC2=O)cc1F. The number of nitrogens with zero attached hydrogens (tertiary/aromatic N) is 1. The van der Waals surface area contributed by atoms with Gasteiger partial charge >= 0.3 is 12.2 Å². The fraction of sp³-hybridized carbons (Fsp3) is 0.278. The van der Waals surface area contributed by atoms with Crippen molar-refractivity contribution in [3.63, 3.8) is 0 Å². The molecule has 148 valence electrons. The molecule has 0 radical (unpaired) electrons. The maximum atomic E-state index is 14.7. The number of ether oxygens (including phenoxy) is 2. The molecule has 0 saturated carbocycles. The molecule has 3 N–H and O–H groups in total. The van der Waals surface area contributed by atoms with Gasteiger partial charge in [0, 0.05) is 18.7 Å². The third-order valence-electron chi connectivity index (χ3n) is 4.16.